The highest BCUT2D eigenvalue weighted by atomic mass is 32.2. The van der Waals surface area contributed by atoms with Gasteiger partial charge < -0.3 is 5.11 Å². The molecule has 1 heterocycles. The van der Waals surface area contributed by atoms with E-state index in [0.29, 0.717) is 16.8 Å². The number of aliphatic hydroxyl groups is 1. The molecule has 168 valence electrons. The summed E-state index contributed by atoms with van der Waals surface area (Å²) in [4.78, 5) is 10.4. The lowest BCUT2D eigenvalue weighted by Crippen LogP contribution is -2.43. The van der Waals surface area contributed by atoms with Gasteiger partial charge in [0.05, 0.1) is 15.5 Å². The van der Waals surface area contributed by atoms with Crippen LogP contribution in [0.3, 0.4) is 0 Å². The molecule has 0 aromatic heterocycles. The quantitative estimate of drug-likeness (QED) is 0.435. The number of aryl methyl sites for hydroxylation is 1. The largest absolute Gasteiger partial charge is 0.364 e. The van der Waals surface area contributed by atoms with Gasteiger partial charge in [-0.15, -0.1) is 4.41 Å². The molecule has 1 aliphatic heterocycles. The topological polar surface area (TPSA) is 113 Å². The van der Waals surface area contributed by atoms with Crippen LogP contribution in [-0.4, -0.2) is 28.6 Å². The van der Waals surface area contributed by atoms with Gasteiger partial charge in [-0.3, -0.25) is 10.1 Å². The van der Waals surface area contributed by atoms with Crippen molar-refractivity contribution in [1.82, 2.24) is 4.41 Å². The standard InChI is InChI=1S/C24H21N3O5S/c1-18-7-15-23(16-8-18)33(31,32)27-24(28,20-5-3-2-4-6-20)17-21(25-27)12-9-19-10-13-22(14-11-19)26(29)30/h2-16,28H,17H2,1H3/b12-9+. The molecule has 0 spiro atoms. The Morgan fingerprint density at radius 2 is 1.64 bits per heavy atom. The van der Waals surface area contributed by atoms with Gasteiger partial charge in [-0.1, -0.05) is 54.1 Å². The number of nitro groups is 1. The number of nitrogens with zero attached hydrogens (tertiary/aromatic N) is 3. The Morgan fingerprint density at radius 1 is 1.00 bits per heavy atom. The van der Waals surface area contributed by atoms with E-state index in [1.807, 2.05) is 6.92 Å². The fourth-order valence-electron chi connectivity index (χ4n) is 3.53. The van der Waals surface area contributed by atoms with Crippen LogP contribution in [-0.2, 0) is 15.7 Å². The van der Waals surface area contributed by atoms with Crippen molar-refractivity contribution in [3.05, 3.63) is 112 Å². The van der Waals surface area contributed by atoms with E-state index in [0.717, 1.165) is 9.98 Å². The lowest BCUT2D eigenvalue weighted by molar-refractivity contribution is -0.384. The Balaban J connectivity index is 1.72. The Hall–Kier alpha value is -3.82. The van der Waals surface area contributed by atoms with E-state index in [9.17, 15) is 23.6 Å². The molecule has 3 aromatic carbocycles. The van der Waals surface area contributed by atoms with Crippen LogP contribution in [0.15, 0.2) is 94.9 Å². The van der Waals surface area contributed by atoms with Gasteiger partial charge in [0.25, 0.3) is 15.7 Å². The predicted molar refractivity (Wildman–Crippen MR) is 125 cm³/mol. The van der Waals surface area contributed by atoms with Crippen LogP contribution >= 0.6 is 0 Å². The molecule has 1 unspecified atom stereocenters. The lowest BCUT2D eigenvalue weighted by Gasteiger charge is -2.32. The SMILES string of the molecule is Cc1ccc(S(=O)(=O)N2N=C(/C=C/c3ccc([N+](=O)[O-])cc3)CC2(O)c2ccccc2)cc1. The average molecular weight is 464 g/mol. The summed E-state index contributed by atoms with van der Waals surface area (Å²) in [5, 5.41) is 26.7. The fourth-order valence-corrected chi connectivity index (χ4v) is 4.99. The fraction of sp³-hybridized carbons (Fsp3) is 0.125. The summed E-state index contributed by atoms with van der Waals surface area (Å²) in [6.45, 7) is 1.85. The second kappa shape index (κ2) is 8.61. The summed E-state index contributed by atoms with van der Waals surface area (Å²) in [6, 6.07) is 20.8. The molecule has 0 radical (unpaired) electrons. The van der Waals surface area contributed by atoms with Gasteiger partial charge in [-0.2, -0.15) is 13.5 Å². The minimum atomic E-state index is -4.16. The van der Waals surface area contributed by atoms with Crippen LogP contribution in [0.25, 0.3) is 6.08 Å². The average Bonchev–Trinajstić information content (AvgIpc) is 3.17. The predicted octanol–water partition coefficient (Wildman–Crippen LogP) is 4.21. The van der Waals surface area contributed by atoms with Crippen molar-refractivity contribution in [2.45, 2.75) is 24.0 Å². The Morgan fingerprint density at radius 3 is 2.24 bits per heavy atom. The number of rotatable bonds is 6. The Labute approximate surface area is 191 Å². The van der Waals surface area contributed by atoms with Gasteiger partial charge >= 0.3 is 0 Å². The maximum absolute atomic E-state index is 13.4. The van der Waals surface area contributed by atoms with Crippen LogP contribution < -0.4 is 0 Å². The number of nitro benzene ring substituents is 1. The highest BCUT2D eigenvalue weighted by Crippen LogP contribution is 2.39. The minimum absolute atomic E-state index is 0.0202. The number of hydrogen-bond donors (Lipinski definition) is 1. The first-order valence-electron chi connectivity index (χ1n) is 10.1. The molecule has 0 saturated carbocycles. The van der Waals surface area contributed by atoms with Crippen LogP contribution in [0.2, 0.25) is 0 Å². The summed E-state index contributed by atoms with van der Waals surface area (Å²) >= 11 is 0. The molecular formula is C24H21N3O5S. The van der Waals surface area contributed by atoms with Crippen LogP contribution in [0.1, 0.15) is 23.1 Å². The van der Waals surface area contributed by atoms with E-state index < -0.39 is 20.7 Å². The van der Waals surface area contributed by atoms with E-state index in [1.54, 1.807) is 66.7 Å². The van der Waals surface area contributed by atoms with Crippen molar-refractivity contribution >= 4 is 27.5 Å². The van der Waals surface area contributed by atoms with Crippen molar-refractivity contribution in [2.75, 3.05) is 0 Å². The second-order valence-electron chi connectivity index (χ2n) is 7.69. The minimum Gasteiger partial charge on any atom is -0.364 e. The highest BCUT2D eigenvalue weighted by molar-refractivity contribution is 7.89. The molecular weight excluding hydrogens is 442 g/mol. The molecule has 0 bridgehead atoms. The van der Waals surface area contributed by atoms with E-state index in [1.165, 1.54) is 24.3 Å². The number of hydrogen-bond acceptors (Lipinski definition) is 6. The van der Waals surface area contributed by atoms with Crippen molar-refractivity contribution in [2.24, 2.45) is 5.10 Å². The molecule has 1 atom stereocenters. The molecule has 8 nitrogen and oxygen atoms in total. The second-order valence-corrected chi connectivity index (χ2v) is 9.46. The maximum atomic E-state index is 13.4. The van der Waals surface area contributed by atoms with Gasteiger partial charge in [-0.25, -0.2) is 0 Å². The molecule has 1 aliphatic rings. The first kappa shape index (κ1) is 22.4. The Kier molecular flexibility index (Phi) is 5.84. The molecule has 0 aliphatic carbocycles. The van der Waals surface area contributed by atoms with Crippen molar-refractivity contribution < 1.29 is 18.4 Å². The maximum Gasteiger partial charge on any atom is 0.282 e. The number of hydrazone groups is 1. The van der Waals surface area contributed by atoms with Gasteiger partial charge in [0.1, 0.15) is 0 Å². The number of sulfonamides is 1. The van der Waals surface area contributed by atoms with Crippen LogP contribution in [0.5, 0.6) is 0 Å². The number of allylic oxidation sites excluding steroid dienone is 1. The molecule has 9 heteroatoms. The smallest absolute Gasteiger partial charge is 0.282 e. The molecule has 33 heavy (non-hydrogen) atoms. The zero-order chi connectivity index (χ0) is 23.6. The summed E-state index contributed by atoms with van der Waals surface area (Å²) in [6.07, 6.45) is 3.20. The monoisotopic (exact) mass is 463 g/mol. The van der Waals surface area contributed by atoms with Crippen molar-refractivity contribution in [1.29, 1.82) is 0 Å². The van der Waals surface area contributed by atoms with E-state index in [4.69, 9.17) is 0 Å². The molecule has 0 amide bonds. The molecule has 4 rings (SSSR count). The first-order valence-corrected chi connectivity index (χ1v) is 11.5. The summed E-state index contributed by atoms with van der Waals surface area (Å²) in [7, 11) is -4.16. The first-order chi connectivity index (χ1) is 15.7. The summed E-state index contributed by atoms with van der Waals surface area (Å²) in [5.74, 6) is 0. The highest BCUT2D eigenvalue weighted by Gasteiger charge is 2.48. The normalized spacial score (nSPS) is 18.5. The Bertz CT molecular complexity index is 1340. The van der Waals surface area contributed by atoms with Crippen molar-refractivity contribution in [3.63, 3.8) is 0 Å². The number of non-ortho nitro benzene ring substituents is 1. The van der Waals surface area contributed by atoms with Gasteiger partial charge in [-0.05, 0) is 42.8 Å². The third-order valence-electron chi connectivity index (χ3n) is 5.32. The van der Waals surface area contributed by atoms with Gasteiger partial charge in [0, 0.05) is 24.1 Å². The van der Waals surface area contributed by atoms with Gasteiger partial charge in [0.15, 0.2) is 0 Å². The molecule has 0 saturated heterocycles. The van der Waals surface area contributed by atoms with E-state index >= 15 is 0 Å². The summed E-state index contributed by atoms with van der Waals surface area (Å²) in [5.41, 5.74) is 0.383. The van der Waals surface area contributed by atoms with E-state index in [-0.39, 0.29) is 17.0 Å². The molecule has 0 fully saturated rings. The van der Waals surface area contributed by atoms with Crippen molar-refractivity contribution in [3.8, 4) is 0 Å². The molecule has 1 N–H and O–H groups in total. The molecule has 3 aromatic rings. The van der Waals surface area contributed by atoms with Crippen LogP contribution in [0.4, 0.5) is 5.69 Å². The van der Waals surface area contributed by atoms with Gasteiger partial charge in [0.2, 0.25) is 5.72 Å². The number of benzene rings is 3. The lowest BCUT2D eigenvalue weighted by atomic mass is 9.98. The zero-order valence-corrected chi connectivity index (χ0v) is 18.5. The summed E-state index contributed by atoms with van der Waals surface area (Å²) < 4.78 is 27.6. The van der Waals surface area contributed by atoms with E-state index in [2.05, 4.69) is 5.10 Å². The third kappa shape index (κ3) is 4.41. The third-order valence-corrected chi connectivity index (χ3v) is 7.02. The van der Waals surface area contributed by atoms with Crippen LogP contribution in [0, 0.1) is 17.0 Å². The zero-order valence-electron chi connectivity index (χ0n) is 17.7.